The highest BCUT2D eigenvalue weighted by Crippen LogP contribution is 2.28. The van der Waals surface area contributed by atoms with Crippen molar-refractivity contribution in [2.24, 2.45) is 7.05 Å². The van der Waals surface area contributed by atoms with E-state index in [4.69, 9.17) is 9.47 Å². The van der Waals surface area contributed by atoms with Gasteiger partial charge in [0, 0.05) is 31.6 Å². The van der Waals surface area contributed by atoms with Crippen molar-refractivity contribution in [1.82, 2.24) is 25.5 Å². The molecule has 2 aromatic carbocycles. The number of hydrogen-bond acceptors (Lipinski definition) is 8. The highest BCUT2D eigenvalue weighted by molar-refractivity contribution is 7.99. The number of ether oxygens (including phenoxy) is 2. The van der Waals surface area contributed by atoms with Gasteiger partial charge in [-0.2, -0.15) is 0 Å². The smallest absolute Gasteiger partial charge is 0.262 e. The van der Waals surface area contributed by atoms with Gasteiger partial charge in [-0.25, -0.2) is 4.68 Å². The summed E-state index contributed by atoms with van der Waals surface area (Å²) in [6, 6.07) is 13.4. The Labute approximate surface area is 191 Å². The standard InChI is InChI=1S/C22H28N6O3S/c1-4-30-20-13-17(14-23-11-12-32-22-25-26-27-28(22)3)7-10-19(20)31-15-21(29)24-18-8-5-16(2)6-9-18/h5-10,13,23H,4,11-12,14-15H2,1-3H3,(H,24,29). The molecule has 0 aliphatic carbocycles. The summed E-state index contributed by atoms with van der Waals surface area (Å²) >= 11 is 1.59. The van der Waals surface area contributed by atoms with E-state index in [1.54, 1.807) is 16.4 Å². The molecule has 0 saturated heterocycles. The molecule has 10 heteroatoms. The van der Waals surface area contributed by atoms with Crippen LogP contribution in [-0.2, 0) is 18.4 Å². The Hall–Kier alpha value is -3.11. The maximum atomic E-state index is 12.2. The predicted octanol–water partition coefficient (Wildman–Crippen LogP) is 2.82. The molecule has 1 amide bonds. The van der Waals surface area contributed by atoms with Crippen LogP contribution in [0, 0.1) is 6.92 Å². The molecule has 0 atom stereocenters. The summed E-state index contributed by atoms with van der Waals surface area (Å²) in [6.07, 6.45) is 0. The minimum Gasteiger partial charge on any atom is -0.490 e. The van der Waals surface area contributed by atoms with Gasteiger partial charge in [0.25, 0.3) is 5.91 Å². The van der Waals surface area contributed by atoms with E-state index in [-0.39, 0.29) is 12.5 Å². The SMILES string of the molecule is CCOc1cc(CNCCSc2nnnn2C)ccc1OCC(=O)Nc1ccc(C)cc1. The Kier molecular flexibility index (Phi) is 8.88. The van der Waals surface area contributed by atoms with Gasteiger partial charge >= 0.3 is 0 Å². The number of aromatic nitrogens is 4. The Morgan fingerprint density at radius 3 is 2.66 bits per heavy atom. The average Bonchev–Trinajstić information content (AvgIpc) is 3.19. The van der Waals surface area contributed by atoms with Crippen molar-refractivity contribution in [3.05, 3.63) is 53.6 Å². The van der Waals surface area contributed by atoms with Crippen LogP contribution in [0.15, 0.2) is 47.6 Å². The number of amides is 1. The Morgan fingerprint density at radius 1 is 1.12 bits per heavy atom. The molecule has 0 aliphatic heterocycles. The molecule has 3 rings (SSSR count). The van der Waals surface area contributed by atoms with Crippen LogP contribution in [0.5, 0.6) is 11.5 Å². The van der Waals surface area contributed by atoms with Gasteiger partial charge in [0.1, 0.15) is 0 Å². The zero-order chi connectivity index (χ0) is 22.8. The van der Waals surface area contributed by atoms with Crippen LogP contribution in [0.3, 0.4) is 0 Å². The average molecular weight is 457 g/mol. The Morgan fingerprint density at radius 2 is 1.94 bits per heavy atom. The van der Waals surface area contributed by atoms with Crippen molar-refractivity contribution in [2.75, 3.05) is 30.8 Å². The first kappa shape index (κ1) is 23.6. The van der Waals surface area contributed by atoms with E-state index in [1.165, 1.54) is 0 Å². The van der Waals surface area contributed by atoms with E-state index in [2.05, 4.69) is 26.2 Å². The summed E-state index contributed by atoms with van der Waals surface area (Å²) < 4.78 is 13.1. The van der Waals surface area contributed by atoms with Crippen molar-refractivity contribution in [3.8, 4) is 11.5 Å². The molecular formula is C22H28N6O3S. The van der Waals surface area contributed by atoms with Crippen molar-refractivity contribution >= 4 is 23.4 Å². The Balaban J connectivity index is 1.47. The number of tetrazole rings is 1. The van der Waals surface area contributed by atoms with Gasteiger partial charge in [-0.3, -0.25) is 4.79 Å². The maximum Gasteiger partial charge on any atom is 0.262 e. The summed E-state index contributed by atoms with van der Waals surface area (Å²) in [5.74, 6) is 1.79. The molecule has 0 unspecified atom stereocenters. The molecule has 3 aromatic rings. The van der Waals surface area contributed by atoms with Crippen LogP contribution >= 0.6 is 11.8 Å². The number of aryl methyl sites for hydroxylation is 2. The van der Waals surface area contributed by atoms with E-state index >= 15 is 0 Å². The predicted molar refractivity (Wildman–Crippen MR) is 124 cm³/mol. The number of carbonyl (C=O) groups is 1. The number of anilines is 1. The maximum absolute atomic E-state index is 12.2. The largest absolute Gasteiger partial charge is 0.490 e. The van der Waals surface area contributed by atoms with Crippen molar-refractivity contribution in [3.63, 3.8) is 0 Å². The Bertz CT molecular complexity index is 1010. The number of hydrogen-bond donors (Lipinski definition) is 2. The molecule has 0 fully saturated rings. The van der Waals surface area contributed by atoms with Gasteiger partial charge in [0.05, 0.1) is 6.61 Å². The fourth-order valence-corrected chi connectivity index (χ4v) is 3.56. The first-order valence-corrected chi connectivity index (χ1v) is 11.3. The van der Waals surface area contributed by atoms with Crippen LogP contribution in [0.4, 0.5) is 5.69 Å². The highest BCUT2D eigenvalue weighted by atomic mass is 32.2. The van der Waals surface area contributed by atoms with Crippen LogP contribution in [0.25, 0.3) is 0 Å². The lowest BCUT2D eigenvalue weighted by atomic mass is 10.2. The summed E-state index contributed by atoms with van der Waals surface area (Å²) in [7, 11) is 1.82. The number of nitrogens with zero attached hydrogens (tertiary/aromatic N) is 4. The second kappa shape index (κ2) is 12.1. The minimum absolute atomic E-state index is 0.0975. The van der Waals surface area contributed by atoms with Gasteiger partial charge < -0.3 is 20.1 Å². The molecule has 0 bridgehead atoms. The summed E-state index contributed by atoms with van der Waals surface area (Å²) in [5, 5.41) is 18.4. The van der Waals surface area contributed by atoms with Gasteiger partial charge in [0.15, 0.2) is 18.1 Å². The minimum atomic E-state index is -0.224. The number of thioether (sulfide) groups is 1. The fourth-order valence-electron chi connectivity index (χ4n) is 2.82. The molecule has 0 saturated carbocycles. The summed E-state index contributed by atoms with van der Waals surface area (Å²) in [5.41, 5.74) is 2.94. The zero-order valence-corrected chi connectivity index (χ0v) is 19.3. The van der Waals surface area contributed by atoms with Crippen LogP contribution < -0.4 is 20.1 Å². The number of carbonyl (C=O) groups excluding carboxylic acids is 1. The molecule has 2 N–H and O–H groups in total. The van der Waals surface area contributed by atoms with Crippen LogP contribution in [-0.4, -0.2) is 51.6 Å². The van der Waals surface area contributed by atoms with Gasteiger partial charge in [-0.15, -0.1) is 5.10 Å². The third-order valence-electron chi connectivity index (χ3n) is 4.42. The monoisotopic (exact) mass is 456 g/mol. The molecule has 9 nitrogen and oxygen atoms in total. The first-order chi connectivity index (χ1) is 15.5. The molecule has 0 aliphatic rings. The summed E-state index contributed by atoms with van der Waals surface area (Å²) in [6.45, 7) is 5.81. The number of nitrogens with one attached hydrogen (secondary N) is 2. The lowest BCUT2D eigenvalue weighted by Crippen LogP contribution is -2.20. The molecule has 32 heavy (non-hydrogen) atoms. The third-order valence-corrected chi connectivity index (χ3v) is 5.43. The normalized spacial score (nSPS) is 10.7. The molecule has 170 valence electrons. The number of rotatable bonds is 12. The molecular weight excluding hydrogens is 428 g/mol. The van der Waals surface area contributed by atoms with Crippen molar-refractivity contribution in [2.45, 2.75) is 25.5 Å². The van der Waals surface area contributed by atoms with Gasteiger partial charge in [-0.1, -0.05) is 35.5 Å². The lowest BCUT2D eigenvalue weighted by molar-refractivity contribution is -0.118. The van der Waals surface area contributed by atoms with E-state index in [0.717, 1.165) is 34.3 Å². The molecule has 0 radical (unpaired) electrons. The van der Waals surface area contributed by atoms with Gasteiger partial charge in [0.2, 0.25) is 5.16 Å². The molecule has 0 spiro atoms. The highest BCUT2D eigenvalue weighted by Gasteiger charge is 2.10. The van der Waals surface area contributed by atoms with Crippen molar-refractivity contribution in [1.29, 1.82) is 0 Å². The van der Waals surface area contributed by atoms with E-state index in [1.807, 2.05) is 63.4 Å². The third kappa shape index (κ3) is 7.24. The quantitative estimate of drug-likeness (QED) is 0.317. The summed E-state index contributed by atoms with van der Waals surface area (Å²) in [4.78, 5) is 12.2. The lowest BCUT2D eigenvalue weighted by Gasteiger charge is -2.14. The van der Waals surface area contributed by atoms with Gasteiger partial charge in [-0.05, 0) is 54.1 Å². The topological polar surface area (TPSA) is 103 Å². The van der Waals surface area contributed by atoms with Crippen LogP contribution in [0.2, 0.25) is 0 Å². The van der Waals surface area contributed by atoms with Crippen molar-refractivity contribution < 1.29 is 14.3 Å². The molecule has 1 aromatic heterocycles. The second-order valence-electron chi connectivity index (χ2n) is 7.03. The zero-order valence-electron chi connectivity index (χ0n) is 18.5. The second-order valence-corrected chi connectivity index (χ2v) is 8.09. The van der Waals surface area contributed by atoms with E-state index in [9.17, 15) is 4.79 Å². The van der Waals surface area contributed by atoms with Crippen LogP contribution in [0.1, 0.15) is 18.1 Å². The first-order valence-electron chi connectivity index (χ1n) is 10.4. The molecule has 1 heterocycles. The number of benzene rings is 2. The fraction of sp³-hybridized carbons (Fsp3) is 0.364. The van der Waals surface area contributed by atoms with E-state index in [0.29, 0.717) is 24.7 Å². The van der Waals surface area contributed by atoms with E-state index < -0.39 is 0 Å².